The topological polar surface area (TPSA) is 129 Å². The third kappa shape index (κ3) is 2.74. The first-order valence-electron chi connectivity index (χ1n) is 5.07. The lowest BCUT2D eigenvalue weighted by atomic mass is 9.95. The van der Waals surface area contributed by atoms with E-state index in [0.717, 1.165) is 6.07 Å². The van der Waals surface area contributed by atoms with E-state index in [-0.39, 0.29) is 23.4 Å². The number of hydrogen-bond donors (Lipinski definition) is 1. The lowest BCUT2D eigenvalue weighted by Gasteiger charge is -2.10. The molecule has 18 heavy (non-hydrogen) atoms. The van der Waals surface area contributed by atoms with Gasteiger partial charge < -0.3 is 5.11 Å². The average molecular weight is 250 g/mol. The van der Waals surface area contributed by atoms with Crippen molar-refractivity contribution in [1.82, 2.24) is 0 Å². The number of nitro groups is 1. The van der Waals surface area contributed by atoms with Crippen molar-refractivity contribution in [2.45, 2.75) is 19.3 Å². The number of nitro benzene ring substituents is 1. The van der Waals surface area contributed by atoms with Crippen molar-refractivity contribution in [3.63, 3.8) is 0 Å². The first-order valence-corrected chi connectivity index (χ1v) is 5.07. The van der Waals surface area contributed by atoms with E-state index in [9.17, 15) is 14.9 Å². The van der Waals surface area contributed by atoms with Crippen LogP contribution in [0.4, 0.5) is 11.4 Å². The summed E-state index contributed by atoms with van der Waals surface area (Å²) in [4.78, 5) is 23.7. The van der Waals surface area contributed by atoms with Gasteiger partial charge >= 0.3 is 5.97 Å². The molecule has 8 nitrogen and oxygen atoms in total. The van der Waals surface area contributed by atoms with Crippen LogP contribution in [0.15, 0.2) is 23.3 Å². The fourth-order valence-corrected chi connectivity index (χ4v) is 1.63. The molecule has 1 rings (SSSR count). The molecule has 1 N–H and O–H groups in total. The van der Waals surface area contributed by atoms with Gasteiger partial charge in [-0.05, 0) is 12.0 Å². The molecule has 1 aromatic rings. The third-order valence-corrected chi connectivity index (χ3v) is 2.45. The van der Waals surface area contributed by atoms with Gasteiger partial charge in [-0.2, -0.15) is 0 Å². The normalized spacial score (nSPS) is 11.4. The molecule has 0 radical (unpaired) electrons. The molecule has 0 saturated heterocycles. The van der Waals surface area contributed by atoms with E-state index in [1.807, 2.05) is 0 Å². The molecule has 0 saturated carbocycles. The van der Waals surface area contributed by atoms with Gasteiger partial charge in [-0.1, -0.05) is 24.2 Å². The van der Waals surface area contributed by atoms with Crippen LogP contribution in [0.5, 0.6) is 0 Å². The molecule has 0 aromatic heterocycles. The summed E-state index contributed by atoms with van der Waals surface area (Å²) in [6.07, 6.45) is 0.233. The highest BCUT2D eigenvalue weighted by atomic mass is 16.6. The first-order chi connectivity index (χ1) is 8.51. The fraction of sp³-hybridized carbons (Fsp3) is 0.300. The van der Waals surface area contributed by atoms with Crippen LogP contribution in [0.2, 0.25) is 0 Å². The molecule has 8 heteroatoms. The summed E-state index contributed by atoms with van der Waals surface area (Å²) in [6.45, 7) is 1.63. The number of rotatable bonds is 5. The Morgan fingerprint density at radius 2 is 2.33 bits per heavy atom. The maximum Gasteiger partial charge on any atom is 0.311 e. The zero-order valence-electron chi connectivity index (χ0n) is 9.48. The van der Waals surface area contributed by atoms with Gasteiger partial charge in [0.1, 0.15) is 0 Å². The van der Waals surface area contributed by atoms with Crippen molar-refractivity contribution in [3.8, 4) is 0 Å². The van der Waals surface area contributed by atoms with Crippen LogP contribution in [0.3, 0.4) is 0 Å². The predicted molar refractivity (Wildman–Crippen MR) is 62.6 cm³/mol. The van der Waals surface area contributed by atoms with Gasteiger partial charge in [-0.3, -0.25) is 14.9 Å². The van der Waals surface area contributed by atoms with E-state index >= 15 is 0 Å². The number of nitrogens with zero attached hydrogens (tertiary/aromatic N) is 4. The smallest absolute Gasteiger partial charge is 0.311 e. The quantitative estimate of drug-likeness (QED) is 0.283. The molecule has 0 aliphatic heterocycles. The number of aliphatic carboxylic acids is 1. The molecular formula is C10H10N4O4. The van der Waals surface area contributed by atoms with Crippen LogP contribution in [0, 0.1) is 10.1 Å². The second-order valence-electron chi connectivity index (χ2n) is 3.49. The highest BCUT2D eigenvalue weighted by Crippen LogP contribution is 2.32. The SMILES string of the molecule is CCC(C(=O)O)c1ccc(N=[N+]=[N-])cc1[N+](=O)[O-]. The van der Waals surface area contributed by atoms with Crippen molar-refractivity contribution >= 4 is 17.3 Å². The van der Waals surface area contributed by atoms with Crippen molar-refractivity contribution < 1.29 is 14.8 Å². The summed E-state index contributed by atoms with van der Waals surface area (Å²) >= 11 is 0. The zero-order valence-corrected chi connectivity index (χ0v) is 9.48. The number of carbonyl (C=O) groups is 1. The van der Waals surface area contributed by atoms with Gasteiger partial charge in [-0.15, -0.1) is 0 Å². The lowest BCUT2D eigenvalue weighted by molar-refractivity contribution is -0.385. The van der Waals surface area contributed by atoms with Crippen LogP contribution < -0.4 is 0 Å². The second-order valence-corrected chi connectivity index (χ2v) is 3.49. The van der Waals surface area contributed by atoms with E-state index in [2.05, 4.69) is 10.0 Å². The minimum Gasteiger partial charge on any atom is -0.481 e. The summed E-state index contributed by atoms with van der Waals surface area (Å²) in [5.74, 6) is -2.08. The second kappa shape index (κ2) is 5.65. The molecular weight excluding hydrogens is 240 g/mol. The summed E-state index contributed by atoms with van der Waals surface area (Å²) in [7, 11) is 0. The Labute approximate surface area is 102 Å². The Morgan fingerprint density at radius 1 is 1.67 bits per heavy atom. The first kappa shape index (κ1) is 13.5. The molecule has 1 aromatic carbocycles. The molecule has 0 fully saturated rings. The maximum atomic E-state index is 11.0. The Hall–Kier alpha value is -2.60. The Balaban J connectivity index is 3.39. The molecule has 0 aliphatic rings. The fourth-order valence-electron chi connectivity index (χ4n) is 1.63. The van der Waals surface area contributed by atoms with Crippen LogP contribution in [0.25, 0.3) is 10.4 Å². The predicted octanol–water partition coefficient (Wildman–Crippen LogP) is 3.11. The number of azide groups is 1. The summed E-state index contributed by atoms with van der Waals surface area (Å²) in [6, 6.07) is 3.73. The molecule has 94 valence electrons. The van der Waals surface area contributed by atoms with Crippen molar-refractivity contribution in [1.29, 1.82) is 0 Å². The van der Waals surface area contributed by atoms with Crippen LogP contribution in [-0.4, -0.2) is 16.0 Å². The van der Waals surface area contributed by atoms with Crippen molar-refractivity contribution in [2.75, 3.05) is 0 Å². The monoisotopic (exact) mass is 250 g/mol. The molecule has 1 atom stereocenters. The number of carboxylic acids is 1. The van der Waals surface area contributed by atoms with Crippen LogP contribution >= 0.6 is 0 Å². The largest absolute Gasteiger partial charge is 0.481 e. The van der Waals surface area contributed by atoms with Gasteiger partial charge in [0.2, 0.25) is 0 Å². The van der Waals surface area contributed by atoms with E-state index < -0.39 is 16.8 Å². The minimum atomic E-state index is -1.13. The zero-order chi connectivity index (χ0) is 13.7. The highest BCUT2D eigenvalue weighted by molar-refractivity contribution is 5.78. The van der Waals surface area contributed by atoms with Gasteiger partial charge in [0.25, 0.3) is 5.69 Å². The van der Waals surface area contributed by atoms with E-state index in [1.54, 1.807) is 6.92 Å². The maximum absolute atomic E-state index is 11.0. The minimum absolute atomic E-state index is 0.0770. The van der Waals surface area contributed by atoms with E-state index in [0.29, 0.717) is 0 Å². The molecule has 0 spiro atoms. The molecule has 0 aliphatic carbocycles. The summed E-state index contributed by atoms with van der Waals surface area (Å²) in [5, 5.41) is 23.1. The number of benzene rings is 1. The van der Waals surface area contributed by atoms with Crippen LogP contribution in [-0.2, 0) is 4.79 Å². The van der Waals surface area contributed by atoms with Gasteiger partial charge in [-0.25, -0.2) is 0 Å². The molecule has 0 heterocycles. The van der Waals surface area contributed by atoms with Crippen molar-refractivity contribution in [3.05, 3.63) is 44.3 Å². The highest BCUT2D eigenvalue weighted by Gasteiger charge is 2.26. The Kier molecular flexibility index (Phi) is 4.22. The van der Waals surface area contributed by atoms with Gasteiger partial charge in [0, 0.05) is 22.2 Å². The number of carboxylic acid groups (broad SMARTS) is 1. The Morgan fingerprint density at radius 3 is 2.78 bits per heavy atom. The molecule has 0 bridgehead atoms. The van der Waals surface area contributed by atoms with Crippen molar-refractivity contribution in [2.24, 2.45) is 5.11 Å². The lowest BCUT2D eigenvalue weighted by Crippen LogP contribution is -2.12. The van der Waals surface area contributed by atoms with Crippen LogP contribution in [0.1, 0.15) is 24.8 Å². The van der Waals surface area contributed by atoms with E-state index in [4.69, 9.17) is 10.6 Å². The average Bonchev–Trinajstić information content (AvgIpc) is 2.31. The summed E-state index contributed by atoms with van der Waals surface area (Å²) in [5.41, 5.74) is 8.08. The Bertz CT molecular complexity index is 537. The van der Waals surface area contributed by atoms with Gasteiger partial charge in [0.05, 0.1) is 10.8 Å². The molecule has 0 amide bonds. The molecule has 1 unspecified atom stereocenters. The van der Waals surface area contributed by atoms with E-state index in [1.165, 1.54) is 12.1 Å². The summed E-state index contributed by atoms with van der Waals surface area (Å²) < 4.78 is 0. The third-order valence-electron chi connectivity index (χ3n) is 2.45. The van der Waals surface area contributed by atoms with Gasteiger partial charge in [0.15, 0.2) is 0 Å². The standard InChI is InChI=1S/C10H10N4O4/c1-2-7(10(15)16)8-4-3-6(12-13-11)5-9(8)14(17)18/h3-5,7H,2H2,1H3,(H,15,16). The number of hydrogen-bond acceptors (Lipinski definition) is 4.